The van der Waals surface area contributed by atoms with Crippen LogP contribution in [0.2, 0.25) is 0 Å². The number of carboxylic acid groups (broad SMARTS) is 3. The van der Waals surface area contributed by atoms with Gasteiger partial charge in [-0.2, -0.15) is 0 Å². The summed E-state index contributed by atoms with van der Waals surface area (Å²) in [5.41, 5.74) is 10.4. The van der Waals surface area contributed by atoms with Crippen molar-refractivity contribution >= 4 is 17.9 Å². The Hall–Kier alpha value is -2.45. The highest BCUT2D eigenvalue weighted by Gasteiger charge is 2.09. The second kappa shape index (κ2) is 10.3. The monoisotopic (exact) mass is 312 g/mol. The number of hydrogen-bond donors (Lipinski definition) is 5. The van der Waals surface area contributed by atoms with Crippen LogP contribution < -0.4 is 11.5 Å². The van der Waals surface area contributed by atoms with Crippen LogP contribution >= 0.6 is 0 Å². The van der Waals surface area contributed by atoms with Gasteiger partial charge in [0.1, 0.15) is 6.04 Å². The third-order valence-corrected chi connectivity index (χ3v) is 2.64. The molecule has 0 aliphatic heterocycles. The fourth-order valence-electron chi connectivity index (χ4n) is 1.42. The maximum absolute atomic E-state index is 10.4. The van der Waals surface area contributed by atoms with Crippen LogP contribution in [0.4, 0.5) is 0 Å². The molecule has 0 fully saturated rings. The van der Waals surface area contributed by atoms with Crippen LogP contribution in [0, 0.1) is 0 Å². The van der Waals surface area contributed by atoms with Crippen LogP contribution in [0.3, 0.4) is 0 Å². The van der Waals surface area contributed by atoms with Gasteiger partial charge in [-0.25, -0.2) is 9.59 Å². The summed E-state index contributed by atoms with van der Waals surface area (Å²) < 4.78 is 0. The summed E-state index contributed by atoms with van der Waals surface area (Å²) in [6, 6.07) is 4.48. The summed E-state index contributed by atoms with van der Waals surface area (Å²) >= 11 is 0. The summed E-state index contributed by atoms with van der Waals surface area (Å²) in [6.07, 6.45) is 2.16. The van der Waals surface area contributed by atoms with Crippen molar-refractivity contribution in [3.8, 4) is 0 Å². The Morgan fingerprint density at radius 2 is 1.50 bits per heavy atom. The molecule has 0 aliphatic rings. The lowest BCUT2D eigenvalue weighted by molar-refractivity contribution is -0.138. The zero-order valence-corrected chi connectivity index (χ0v) is 11.9. The zero-order chi connectivity index (χ0) is 17.1. The molecule has 0 bridgehead atoms. The zero-order valence-electron chi connectivity index (χ0n) is 11.9. The van der Waals surface area contributed by atoms with Crippen LogP contribution in [-0.4, -0.2) is 45.8 Å². The Morgan fingerprint density at radius 3 is 1.86 bits per heavy atom. The predicted molar refractivity (Wildman–Crippen MR) is 78.9 cm³/mol. The van der Waals surface area contributed by atoms with Crippen molar-refractivity contribution < 1.29 is 29.7 Å². The molecule has 1 atom stereocenters. The smallest absolute Gasteiger partial charge is 0.335 e. The third kappa shape index (κ3) is 7.98. The van der Waals surface area contributed by atoms with Crippen molar-refractivity contribution in [2.75, 3.05) is 6.54 Å². The Bertz CT molecular complexity index is 489. The van der Waals surface area contributed by atoms with Gasteiger partial charge in [0.2, 0.25) is 0 Å². The summed E-state index contributed by atoms with van der Waals surface area (Å²) in [6.45, 7) is 0.604. The van der Waals surface area contributed by atoms with E-state index in [1.165, 1.54) is 18.2 Å². The second-order valence-corrected chi connectivity index (χ2v) is 4.42. The highest BCUT2D eigenvalue weighted by molar-refractivity contribution is 5.93. The lowest BCUT2D eigenvalue weighted by Crippen LogP contribution is -2.29. The molecule has 0 unspecified atom stereocenters. The standard InChI is InChI=1S/C8H6O4.C6H14N2O2/c9-7(10)5-2-1-3-6(4-5)8(11)12;7-4-2-1-3-5(8)6(9)10/h1-4H,(H,9,10)(H,11,12);5H,1-4,7-8H2,(H,9,10)/t;5-/m.0/s1. The SMILES string of the molecule is NCCCC[C@H](N)C(=O)O.O=C(O)c1cccc(C(=O)O)c1. The summed E-state index contributed by atoms with van der Waals surface area (Å²) in [5.74, 6) is -3.19. The van der Waals surface area contributed by atoms with Gasteiger partial charge in [0.05, 0.1) is 11.1 Å². The number of unbranched alkanes of at least 4 members (excludes halogenated alkanes) is 1. The molecule has 22 heavy (non-hydrogen) atoms. The number of benzene rings is 1. The topological polar surface area (TPSA) is 164 Å². The fraction of sp³-hybridized carbons (Fsp3) is 0.357. The van der Waals surface area contributed by atoms with E-state index in [2.05, 4.69) is 0 Å². The van der Waals surface area contributed by atoms with E-state index in [1.807, 2.05) is 0 Å². The molecule has 0 heterocycles. The average molecular weight is 312 g/mol. The third-order valence-electron chi connectivity index (χ3n) is 2.64. The molecule has 1 aromatic carbocycles. The van der Waals surface area contributed by atoms with Crippen LogP contribution in [0.15, 0.2) is 24.3 Å². The van der Waals surface area contributed by atoms with Crippen molar-refractivity contribution in [2.45, 2.75) is 25.3 Å². The van der Waals surface area contributed by atoms with E-state index >= 15 is 0 Å². The first kappa shape index (κ1) is 19.6. The van der Waals surface area contributed by atoms with Crippen molar-refractivity contribution in [3.63, 3.8) is 0 Å². The highest BCUT2D eigenvalue weighted by atomic mass is 16.4. The van der Waals surface area contributed by atoms with Crippen LogP contribution in [-0.2, 0) is 4.79 Å². The van der Waals surface area contributed by atoms with E-state index in [0.717, 1.165) is 18.9 Å². The molecule has 0 amide bonds. The van der Waals surface area contributed by atoms with E-state index in [1.54, 1.807) is 0 Å². The number of aliphatic carboxylic acids is 1. The molecule has 8 nitrogen and oxygen atoms in total. The maximum Gasteiger partial charge on any atom is 0.335 e. The quantitative estimate of drug-likeness (QED) is 0.457. The van der Waals surface area contributed by atoms with Gasteiger partial charge < -0.3 is 26.8 Å². The molecule has 8 heteroatoms. The molecule has 0 radical (unpaired) electrons. The van der Waals surface area contributed by atoms with Gasteiger partial charge in [0.25, 0.3) is 0 Å². The number of rotatable bonds is 7. The minimum absolute atomic E-state index is 0.0186. The minimum Gasteiger partial charge on any atom is -0.480 e. The molecular formula is C14H20N2O6. The van der Waals surface area contributed by atoms with Gasteiger partial charge in [-0.05, 0) is 37.6 Å². The molecule has 122 valence electrons. The number of nitrogens with two attached hydrogens (primary N) is 2. The lowest BCUT2D eigenvalue weighted by atomic mass is 10.1. The molecule has 1 aromatic rings. The Balaban J connectivity index is 0.000000409. The lowest BCUT2D eigenvalue weighted by Gasteiger charge is -2.03. The van der Waals surface area contributed by atoms with Crippen LogP contribution in [0.5, 0.6) is 0 Å². The second-order valence-electron chi connectivity index (χ2n) is 4.42. The Labute approximate surface area is 127 Å². The van der Waals surface area contributed by atoms with Gasteiger partial charge in [0, 0.05) is 0 Å². The Morgan fingerprint density at radius 1 is 1.00 bits per heavy atom. The van der Waals surface area contributed by atoms with Gasteiger partial charge in [-0.15, -0.1) is 0 Å². The van der Waals surface area contributed by atoms with Crippen molar-refractivity contribution in [3.05, 3.63) is 35.4 Å². The largest absolute Gasteiger partial charge is 0.480 e. The van der Waals surface area contributed by atoms with Crippen LogP contribution in [0.1, 0.15) is 40.0 Å². The first-order chi connectivity index (χ1) is 10.3. The molecule has 1 rings (SSSR count). The molecule has 7 N–H and O–H groups in total. The van der Waals surface area contributed by atoms with E-state index in [-0.39, 0.29) is 11.1 Å². The van der Waals surface area contributed by atoms with Crippen molar-refractivity contribution in [1.82, 2.24) is 0 Å². The molecule has 0 aromatic heterocycles. The predicted octanol–water partition coefficient (Wildman–Crippen LogP) is 0.610. The number of hydrogen-bond acceptors (Lipinski definition) is 5. The summed E-state index contributed by atoms with van der Waals surface area (Å²) in [5, 5.41) is 25.3. The minimum atomic E-state index is -1.13. The molecule has 0 aliphatic carbocycles. The molecule has 0 spiro atoms. The Kier molecular flexibility index (Phi) is 9.15. The van der Waals surface area contributed by atoms with Gasteiger partial charge in [-0.1, -0.05) is 12.5 Å². The number of carbonyl (C=O) groups is 3. The first-order valence-electron chi connectivity index (χ1n) is 6.54. The van der Waals surface area contributed by atoms with Crippen LogP contribution in [0.25, 0.3) is 0 Å². The fourth-order valence-corrected chi connectivity index (χ4v) is 1.42. The number of aromatic carboxylic acids is 2. The molecule has 0 saturated heterocycles. The molecular weight excluding hydrogens is 292 g/mol. The van der Waals surface area contributed by atoms with E-state index in [4.69, 9.17) is 26.8 Å². The van der Waals surface area contributed by atoms with E-state index in [0.29, 0.717) is 13.0 Å². The molecule has 0 saturated carbocycles. The van der Waals surface area contributed by atoms with E-state index < -0.39 is 23.9 Å². The van der Waals surface area contributed by atoms with E-state index in [9.17, 15) is 14.4 Å². The van der Waals surface area contributed by atoms with Crippen molar-refractivity contribution in [2.24, 2.45) is 11.5 Å². The van der Waals surface area contributed by atoms with Crippen molar-refractivity contribution in [1.29, 1.82) is 0 Å². The maximum atomic E-state index is 10.4. The first-order valence-corrected chi connectivity index (χ1v) is 6.54. The van der Waals surface area contributed by atoms with Gasteiger partial charge >= 0.3 is 17.9 Å². The average Bonchev–Trinajstić information content (AvgIpc) is 2.48. The van der Waals surface area contributed by atoms with Gasteiger partial charge in [-0.3, -0.25) is 4.79 Å². The summed E-state index contributed by atoms with van der Waals surface area (Å²) in [7, 11) is 0. The summed E-state index contributed by atoms with van der Waals surface area (Å²) in [4.78, 5) is 30.9. The normalized spacial score (nSPS) is 11.0. The number of carboxylic acids is 3. The highest BCUT2D eigenvalue weighted by Crippen LogP contribution is 2.04. The van der Waals surface area contributed by atoms with Gasteiger partial charge in [0.15, 0.2) is 0 Å².